The number of carbonyl (C=O) groups excluding carboxylic acids is 1. The maximum atomic E-state index is 13.0. The van der Waals surface area contributed by atoms with Crippen LogP contribution < -0.4 is 4.72 Å². The van der Waals surface area contributed by atoms with Crippen molar-refractivity contribution in [1.29, 1.82) is 0 Å². The van der Waals surface area contributed by atoms with Gasteiger partial charge in [0.15, 0.2) is 0 Å². The zero-order chi connectivity index (χ0) is 22.6. The molecule has 0 unspecified atom stereocenters. The van der Waals surface area contributed by atoms with E-state index in [2.05, 4.69) is 14.6 Å². The van der Waals surface area contributed by atoms with E-state index in [1.54, 1.807) is 53.7 Å². The molecule has 4 rings (SSSR count). The van der Waals surface area contributed by atoms with Crippen LogP contribution in [0.4, 0.5) is 5.69 Å². The SMILES string of the molecule is O=C(c1cccc(S(=O)(=O)Nc2ccccc2Cl)c1)N1CCN(Cc2ccncc2)CC1. The zero-order valence-electron chi connectivity index (χ0n) is 17.3. The molecule has 166 valence electrons. The van der Waals surface area contributed by atoms with Gasteiger partial charge in [-0.3, -0.25) is 19.4 Å². The summed E-state index contributed by atoms with van der Waals surface area (Å²) < 4.78 is 28.1. The molecule has 0 atom stereocenters. The Morgan fingerprint density at radius 3 is 2.41 bits per heavy atom. The molecule has 1 aliphatic rings. The average molecular weight is 471 g/mol. The number of piperazine rings is 1. The highest BCUT2D eigenvalue weighted by atomic mass is 35.5. The van der Waals surface area contributed by atoms with Crippen LogP contribution >= 0.6 is 11.6 Å². The first-order chi connectivity index (χ1) is 15.4. The van der Waals surface area contributed by atoms with Crippen LogP contribution in [0.3, 0.4) is 0 Å². The fourth-order valence-corrected chi connectivity index (χ4v) is 4.95. The number of hydrogen-bond donors (Lipinski definition) is 1. The monoisotopic (exact) mass is 470 g/mol. The lowest BCUT2D eigenvalue weighted by Gasteiger charge is -2.34. The molecule has 3 aromatic rings. The first-order valence-corrected chi connectivity index (χ1v) is 12.1. The summed E-state index contributed by atoms with van der Waals surface area (Å²) in [4.78, 5) is 21.1. The van der Waals surface area contributed by atoms with Crippen molar-refractivity contribution in [3.05, 3.63) is 89.2 Å². The highest BCUT2D eigenvalue weighted by Gasteiger charge is 2.24. The van der Waals surface area contributed by atoms with Gasteiger partial charge in [0.1, 0.15) is 0 Å². The summed E-state index contributed by atoms with van der Waals surface area (Å²) in [6.07, 6.45) is 3.55. The number of sulfonamides is 1. The number of nitrogens with one attached hydrogen (secondary N) is 1. The molecule has 32 heavy (non-hydrogen) atoms. The van der Waals surface area contributed by atoms with Crippen molar-refractivity contribution in [2.75, 3.05) is 30.9 Å². The zero-order valence-corrected chi connectivity index (χ0v) is 18.9. The Kier molecular flexibility index (Phi) is 6.74. The van der Waals surface area contributed by atoms with E-state index in [1.807, 2.05) is 12.1 Å². The van der Waals surface area contributed by atoms with Crippen LogP contribution in [0.2, 0.25) is 5.02 Å². The summed E-state index contributed by atoms with van der Waals surface area (Å²) in [6, 6.07) is 16.7. The molecule has 2 heterocycles. The molecule has 0 saturated carbocycles. The molecule has 0 aliphatic carbocycles. The van der Waals surface area contributed by atoms with Crippen LogP contribution in [-0.2, 0) is 16.6 Å². The van der Waals surface area contributed by atoms with Crippen molar-refractivity contribution in [2.45, 2.75) is 11.4 Å². The largest absolute Gasteiger partial charge is 0.336 e. The maximum absolute atomic E-state index is 13.0. The van der Waals surface area contributed by atoms with Crippen molar-refractivity contribution in [2.24, 2.45) is 0 Å². The normalized spacial score (nSPS) is 14.8. The molecule has 1 fully saturated rings. The highest BCUT2D eigenvalue weighted by molar-refractivity contribution is 7.92. The van der Waals surface area contributed by atoms with Crippen LogP contribution in [-0.4, -0.2) is 55.3 Å². The minimum atomic E-state index is -3.88. The van der Waals surface area contributed by atoms with Gasteiger partial charge in [-0.05, 0) is 48.0 Å². The molecule has 1 aromatic heterocycles. The molecule has 7 nitrogen and oxygen atoms in total. The van der Waals surface area contributed by atoms with E-state index in [1.165, 1.54) is 17.7 Å². The van der Waals surface area contributed by atoms with Gasteiger partial charge in [0, 0.05) is 50.7 Å². The molecule has 1 aliphatic heterocycles. The van der Waals surface area contributed by atoms with Crippen molar-refractivity contribution < 1.29 is 13.2 Å². The number of pyridine rings is 1. The molecule has 2 aromatic carbocycles. The average Bonchev–Trinajstić information content (AvgIpc) is 2.81. The minimum Gasteiger partial charge on any atom is -0.336 e. The number of rotatable bonds is 6. The molecule has 1 N–H and O–H groups in total. The van der Waals surface area contributed by atoms with E-state index >= 15 is 0 Å². The van der Waals surface area contributed by atoms with Crippen molar-refractivity contribution in [3.63, 3.8) is 0 Å². The van der Waals surface area contributed by atoms with Crippen LogP contribution in [0, 0.1) is 0 Å². The van der Waals surface area contributed by atoms with Gasteiger partial charge in [-0.25, -0.2) is 8.42 Å². The smallest absolute Gasteiger partial charge is 0.261 e. The van der Waals surface area contributed by atoms with E-state index < -0.39 is 10.0 Å². The fraction of sp³-hybridized carbons (Fsp3) is 0.217. The minimum absolute atomic E-state index is 0.0135. The Morgan fingerprint density at radius 1 is 0.969 bits per heavy atom. The van der Waals surface area contributed by atoms with E-state index in [9.17, 15) is 13.2 Å². The number of halogens is 1. The summed E-state index contributed by atoms with van der Waals surface area (Å²) in [7, 11) is -3.88. The Balaban J connectivity index is 1.42. The second kappa shape index (κ2) is 9.68. The van der Waals surface area contributed by atoms with E-state index in [0.717, 1.165) is 19.6 Å². The van der Waals surface area contributed by atoms with Crippen molar-refractivity contribution in [3.8, 4) is 0 Å². The van der Waals surface area contributed by atoms with Crippen LogP contribution in [0.25, 0.3) is 0 Å². The summed E-state index contributed by atoms with van der Waals surface area (Å²) in [5.41, 5.74) is 1.81. The van der Waals surface area contributed by atoms with Gasteiger partial charge < -0.3 is 4.90 Å². The molecule has 9 heteroatoms. The van der Waals surface area contributed by atoms with E-state index in [4.69, 9.17) is 11.6 Å². The third-order valence-electron chi connectivity index (χ3n) is 5.32. The lowest BCUT2D eigenvalue weighted by Crippen LogP contribution is -2.48. The van der Waals surface area contributed by atoms with Gasteiger partial charge in [-0.15, -0.1) is 0 Å². The second-order valence-electron chi connectivity index (χ2n) is 7.54. The Bertz CT molecular complexity index is 1200. The predicted molar refractivity (Wildman–Crippen MR) is 124 cm³/mol. The number of benzene rings is 2. The number of anilines is 1. The third kappa shape index (κ3) is 5.27. The van der Waals surface area contributed by atoms with Gasteiger partial charge in [-0.1, -0.05) is 29.8 Å². The van der Waals surface area contributed by atoms with Gasteiger partial charge in [-0.2, -0.15) is 0 Å². The summed E-state index contributed by atoms with van der Waals surface area (Å²) >= 11 is 6.07. The Hall–Kier alpha value is -2.94. The van der Waals surface area contributed by atoms with Crippen LogP contribution in [0.1, 0.15) is 15.9 Å². The lowest BCUT2D eigenvalue weighted by molar-refractivity contribution is 0.0628. The standard InChI is InChI=1S/C23H23ClN4O3S/c24-21-6-1-2-7-22(21)26-32(30,31)20-5-3-4-19(16-20)23(29)28-14-12-27(13-15-28)17-18-8-10-25-11-9-18/h1-11,16,26H,12-15,17H2. The molecule has 1 amide bonds. The Labute approximate surface area is 192 Å². The topological polar surface area (TPSA) is 82.6 Å². The molecule has 0 bridgehead atoms. The summed E-state index contributed by atoms with van der Waals surface area (Å²) in [5, 5.41) is 0.299. The molecular formula is C23H23ClN4O3S. The van der Waals surface area contributed by atoms with Gasteiger partial charge in [0.2, 0.25) is 0 Å². The molecular weight excluding hydrogens is 448 g/mol. The summed E-state index contributed by atoms with van der Waals surface area (Å²) in [5.74, 6) is -0.177. The fourth-order valence-electron chi connectivity index (χ4n) is 3.58. The van der Waals surface area contributed by atoms with Crippen molar-refractivity contribution in [1.82, 2.24) is 14.8 Å². The lowest BCUT2D eigenvalue weighted by atomic mass is 10.1. The van der Waals surface area contributed by atoms with Gasteiger partial charge in [0.25, 0.3) is 15.9 Å². The third-order valence-corrected chi connectivity index (χ3v) is 7.02. The molecule has 0 radical (unpaired) electrons. The number of hydrogen-bond acceptors (Lipinski definition) is 5. The number of para-hydroxylation sites is 1. The number of amides is 1. The number of aromatic nitrogens is 1. The van der Waals surface area contributed by atoms with E-state index in [-0.39, 0.29) is 16.5 Å². The Morgan fingerprint density at radius 2 is 1.69 bits per heavy atom. The number of nitrogens with zero attached hydrogens (tertiary/aromatic N) is 3. The summed E-state index contributed by atoms with van der Waals surface area (Å²) in [6.45, 7) is 3.48. The molecule has 1 saturated heterocycles. The van der Waals surface area contributed by atoms with Crippen molar-refractivity contribution >= 4 is 33.2 Å². The maximum Gasteiger partial charge on any atom is 0.261 e. The number of carbonyl (C=O) groups is 1. The first kappa shape index (κ1) is 22.3. The highest BCUT2D eigenvalue weighted by Crippen LogP contribution is 2.24. The van der Waals surface area contributed by atoms with Gasteiger partial charge >= 0.3 is 0 Å². The molecule has 0 spiro atoms. The second-order valence-corrected chi connectivity index (χ2v) is 9.63. The van der Waals surface area contributed by atoms with Crippen LogP contribution in [0.5, 0.6) is 0 Å². The van der Waals surface area contributed by atoms with Crippen LogP contribution in [0.15, 0.2) is 78.0 Å². The predicted octanol–water partition coefficient (Wildman–Crippen LogP) is 3.49. The van der Waals surface area contributed by atoms with Gasteiger partial charge in [0.05, 0.1) is 15.6 Å². The van der Waals surface area contributed by atoms with E-state index in [0.29, 0.717) is 23.7 Å². The quantitative estimate of drug-likeness (QED) is 0.596. The first-order valence-electron chi connectivity index (χ1n) is 10.2.